The van der Waals surface area contributed by atoms with E-state index in [0.717, 1.165) is 68.2 Å². The van der Waals surface area contributed by atoms with E-state index in [2.05, 4.69) is 82.8 Å². The van der Waals surface area contributed by atoms with Crippen LogP contribution >= 0.6 is 0 Å². The molecule has 3 heterocycles. The molecule has 186 valence electrons. The Bertz CT molecular complexity index is 1680. The highest BCUT2D eigenvalue weighted by atomic mass is 15.1. The Kier molecular flexibility index (Phi) is 6.73. The molecule has 0 radical (unpaired) electrons. The highest BCUT2D eigenvalue weighted by Gasteiger charge is 2.15. The summed E-state index contributed by atoms with van der Waals surface area (Å²) < 4.78 is 0. The van der Waals surface area contributed by atoms with Crippen molar-refractivity contribution in [2.75, 3.05) is 5.32 Å². The Morgan fingerprint density at radius 2 is 2.08 bits per heavy atom. The van der Waals surface area contributed by atoms with E-state index in [1.165, 1.54) is 5.57 Å². The second-order valence-electron chi connectivity index (χ2n) is 9.73. The molecule has 3 aromatic heterocycles. The molecule has 1 aliphatic carbocycles. The number of H-pyrrole nitrogens is 2. The number of rotatable bonds is 8. The summed E-state index contributed by atoms with van der Waals surface area (Å²) in [6.07, 6.45) is 16.1. The number of fused-ring (bicyclic) bond motifs is 1. The number of hydrogen-bond acceptors (Lipinski definition) is 4. The van der Waals surface area contributed by atoms with Gasteiger partial charge < -0.3 is 10.3 Å². The lowest BCUT2D eigenvalue weighted by Crippen LogP contribution is -2.23. The minimum absolute atomic E-state index is 0.531. The summed E-state index contributed by atoms with van der Waals surface area (Å²) in [5.74, 6) is 1.25. The number of aromatic amines is 2. The van der Waals surface area contributed by atoms with Gasteiger partial charge >= 0.3 is 0 Å². The van der Waals surface area contributed by atoms with Crippen LogP contribution in [0.2, 0.25) is 0 Å². The fourth-order valence-corrected chi connectivity index (χ4v) is 4.64. The quantitative estimate of drug-likeness (QED) is 0.286. The van der Waals surface area contributed by atoms with Crippen molar-refractivity contribution >= 4 is 40.0 Å². The van der Waals surface area contributed by atoms with Crippen LogP contribution in [0.25, 0.3) is 45.8 Å². The molecule has 5 rings (SSSR count). The van der Waals surface area contributed by atoms with Gasteiger partial charge in [0.2, 0.25) is 0 Å². The number of nitrogens with zero attached hydrogens (tertiary/aromatic N) is 3. The van der Waals surface area contributed by atoms with Gasteiger partial charge in [-0.25, -0.2) is 4.98 Å². The predicted octanol–water partition coefficient (Wildman–Crippen LogP) is 5.96. The summed E-state index contributed by atoms with van der Waals surface area (Å²) in [6, 6.07) is 8.26. The number of hydrogen-bond donors (Lipinski definition) is 3. The van der Waals surface area contributed by atoms with E-state index in [-0.39, 0.29) is 0 Å². The first-order valence-electron chi connectivity index (χ1n) is 12.6. The van der Waals surface area contributed by atoms with Crippen LogP contribution in [-0.2, 0) is 0 Å². The maximum absolute atomic E-state index is 4.98. The van der Waals surface area contributed by atoms with Crippen LogP contribution in [0.5, 0.6) is 0 Å². The van der Waals surface area contributed by atoms with Gasteiger partial charge in [0.05, 0.1) is 28.3 Å². The average molecular weight is 489 g/mol. The third kappa shape index (κ3) is 5.09. The van der Waals surface area contributed by atoms with Gasteiger partial charge in [0.15, 0.2) is 5.82 Å². The summed E-state index contributed by atoms with van der Waals surface area (Å²) in [7, 11) is 0. The van der Waals surface area contributed by atoms with Gasteiger partial charge in [0.25, 0.3) is 0 Å². The number of pyridine rings is 1. The normalized spacial score (nSPS) is 14.1. The van der Waals surface area contributed by atoms with Gasteiger partial charge in [-0.15, -0.1) is 0 Å². The lowest BCUT2D eigenvalue weighted by atomic mass is 10.1. The van der Waals surface area contributed by atoms with Crippen molar-refractivity contribution < 1.29 is 0 Å². The van der Waals surface area contributed by atoms with E-state index >= 15 is 0 Å². The van der Waals surface area contributed by atoms with E-state index in [9.17, 15) is 0 Å². The Labute approximate surface area is 217 Å². The SMILES string of the molecule is C=C(CC(C)C)Nc1cncc(C(=C)/C=c2/c(-c3nc4c(C5=CCC=C5)cccc4[nH]3)n[nH]/c2=C/C)c1. The summed E-state index contributed by atoms with van der Waals surface area (Å²) in [5, 5.41) is 13.0. The molecule has 3 N–H and O–H groups in total. The van der Waals surface area contributed by atoms with E-state index in [1.807, 2.05) is 37.4 Å². The molecule has 4 aromatic rings. The standard InChI is InChI=1S/C31H32N6/c1-6-27-26(15-20(4)23-16-24(18-32-17-23)33-21(5)14-19(2)3)30(37-36-27)31-34-28-13-9-12-25(29(28)35-31)22-10-7-8-11-22/h6-7,9-13,15-19,33,36H,4-5,8,14H2,1-3H3,(H,34,35)/b26-15+,27-6+. The number of imidazole rings is 1. The highest BCUT2D eigenvalue weighted by Crippen LogP contribution is 2.29. The molecule has 1 aliphatic rings. The average Bonchev–Trinajstić information content (AvgIpc) is 3.62. The molecule has 6 nitrogen and oxygen atoms in total. The molecular weight excluding hydrogens is 456 g/mol. The van der Waals surface area contributed by atoms with Crippen molar-refractivity contribution in [3.63, 3.8) is 0 Å². The summed E-state index contributed by atoms with van der Waals surface area (Å²) in [5.41, 5.74) is 8.60. The van der Waals surface area contributed by atoms with Crippen molar-refractivity contribution in [3.8, 4) is 11.5 Å². The molecular formula is C31H32N6. The molecule has 1 aromatic carbocycles. The molecule has 0 unspecified atom stereocenters. The summed E-state index contributed by atoms with van der Waals surface area (Å²) in [6.45, 7) is 14.8. The zero-order chi connectivity index (χ0) is 25.9. The molecule has 0 bridgehead atoms. The lowest BCUT2D eigenvalue weighted by Gasteiger charge is -2.12. The Morgan fingerprint density at radius 1 is 1.22 bits per heavy atom. The topological polar surface area (TPSA) is 82.3 Å². The van der Waals surface area contributed by atoms with Gasteiger partial charge in [-0.05, 0) is 55.0 Å². The zero-order valence-electron chi connectivity index (χ0n) is 21.6. The van der Waals surface area contributed by atoms with Crippen LogP contribution < -0.4 is 15.9 Å². The zero-order valence-corrected chi connectivity index (χ0v) is 21.6. The molecule has 0 spiro atoms. The van der Waals surface area contributed by atoms with Gasteiger partial charge in [-0.3, -0.25) is 10.1 Å². The largest absolute Gasteiger partial charge is 0.358 e. The molecule has 6 heteroatoms. The van der Waals surface area contributed by atoms with E-state index in [0.29, 0.717) is 11.7 Å². The van der Waals surface area contributed by atoms with Crippen LogP contribution in [0.4, 0.5) is 5.69 Å². The minimum Gasteiger partial charge on any atom is -0.358 e. The van der Waals surface area contributed by atoms with E-state index in [1.54, 1.807) is 6.20 Å². The second-order valence-corrected chi connectivity index (χ2v) is 9.73. The molecule has 37 heavy (non-hydrogen) atoms. The first kappa shape index (κ1) is 24.3. The molecule has 0 fully saturated rings. The lowest BCUT2D eigenvalue weighted by molar-refractivity contribution is 0.645. The third-order valence-corrected chi connectivity index (χ3v) is 6.34. The molecule has 0 saturated heterocycles. The number of allylic oxidation sites excluding steroid dienone is 6. The van der Waals surface area contributed by atoms with Gasteiger partial charge in [-0.1, -0.05) is 63.4 Å². The fourth-order valence-electron chi connectivity index (χ4n) is 4.64. The minimum atomic E-state index is 0.531. The number of benzene rings is 1. The van der Waals surface area contributed by atoms with Crippen molar-refractivity contribution in [2.24, 2.45) is 5.92 Å². The number of para-hydroxylation sites is 1. The first-order chi connectivity index (χ1) is 17.9. The maximum atomic E-state index is 4.98. The number of anilines is 1. The van der Waals surface area contributed by atoms with E-state index < -0.39 is 0 Å². The molecule has 0 amide bonds. The second kappa shape index (κ2) is 10.3. The van der Waals surface area contributed by atoms with E-state index in [4.69, 9.17) is 4.98 Å². The number of nitrogens with one attached hydrogen (secondary N) is 3. The monoisotopic (exact) mass is 488 g/mol. The van der Waals surface area contributed by atoms with Gasteiger partial charge in [0.1, 0.15) is 5.69 Å². The van der Waals surface area contributed by atoms with Crippen molar-refractivity contribution in [3.05, 3.63) is 95.4 Å². The maximum Gasteiger partial charge on any atom is 0.159 e. The predicted molar refractivity (Wildman–Crippen MR) is 155 cm³/mol. The van der Waals surface area contributed by atoms with Gasteiger partial charge in [0, 0.05) is 28.2 Å². The van der Waals surface area contributed by atoms with Crippen LogP contribution in [0.3, 0.4) is 0 Å². The first-order valence-corrected chi connectivity index (χ1v) is 12.6. The highest BCUT2D eigenvalue weighted by molar-refractivity contribution is 5.94. The van der Waals surface area contributed by atoms with Crippen LogP contribution in [0.15, 0.2) is 73.7 Å². The van der Waals surface area contributed by atoms with Crippen LogP contribution in [0.1, 0.15) is 44.7 Å². The Balaban J connectivity index is 1.52. The molecule has 0 saturated carbocycles. The smallest absolute Gasteiger partial charge is 0.159 e. The molecule has 0 atom stereocenters. The number of aromatic nitrogens is 5. The summed E-state index contributed by atoms with van der Waals surface area (Å²) >= 11 is 0. The van der Waals surface area contributed by atoms with Crippen LogP contribution in [-0.4, -0.2) is 25.1 Å². The van der Waals surface area contributed by atoms with Crippen molar-refractivity contribution in [2.45, 2.75) is 33.6 Å². The third-order valence-electron chi connectivity index (χ3n) is 6.34. The van der Waals surface area contributed by atoms with Crippen LogP contribution in [0, 0.1) is 5.92 Å². The van der Waals surface area contributed by atoms with Gasteiger partial charge in [-0.2, -0.15) is 5.10 Å². The Morgan fingerprint density at radius 3 is 2.84 bits per heavy atom. The Hall–Kier alpha value is -4.45. The van der Waals surface area contributed by atoms with Crippen molar-refractivity contribution in [1.29, 1.82) is 0 Å². The molecule has 0 aliphatic heterocycles. The summed E-state index contributed by atoms with van der Waals surface area (Å²) in [4.78, 5) is 12.9. The fraction of sp³-hybridized carbons (Fsp3) is 0.194. The van der Waals surface area contributed by atoms with Crippen molar-refractivity contribution in [1.82, 2.24) is 25.1 Å².